The van der Waals surface area contributed by atoms with E-state index in [9.17, 15) is 19.7 Å². The van der Waals surface area contributed by atoms with Crippen LogP contribution >= 0.6 is 0 Å². The number of nitro groups is 1. The number of rotatable bonds is 5. The Morgan fingerprint density at radius 2 is 2.05 bits per heavy atom. The van der Waals surface area contributed by atoms with Crippen LogP contribution in [-0.4, -0.2) is 20.6 Å². The molecule has 0 bridgehead atoms. The lowest BCUT2D eigenvalue weighted by molar-refractivity contribution is -0.383. The predicted octanol–water partition coefficient (Wildman–Crippen LogP) is 1.81. The summed E-state index contributed by atoms with van der Waals surface area (Å²) in [6.45, 7) is 2.28. The van der Waals surface area contributed by atoms with E-state index in [0.29, 0.717) is 13.0 Å². The van der Waals surface area contributed by atoms with E-state index in [1.807, 2.05) is 6.92 Å². The fourth-order valence-corrected chi connectivity index (χ4v) is 1.87. The molecule has 0 aliphatic rings. The first kappa shape index (κ1) is 15.4. The third-order valence-corrected chi connectivity index (χ3v) is 2.88. The van der Waals surface area contributed by atoms with Crippen LogP contribution in [0.4, 0.5) is 11.4 Å². The molecule has 0 unspecified atom stereocenters. The molecule has 1 aromatic carbocycles. The zero-order valence-corrected chi connectivity index (χ0v) is 11.9. The Balaban J connectivity index is 2.28. The quantitative estimate of drug-likeness (QED) is 0.669. The Hall–Kier alpha value is -3.03. The molecule has 1 amide bonds. The Labute approximate surface area is 125 Å². The van der Waals surface area contributed by atoms with Crippen LogP contribution < -0.4 is 10.9 Å². The SMILES string of the molecule is CCCn1nc(C(=O)Nc2ccccc2[N+](=O)[O-])ccc1=O. The van der Waals surface area contributed by atoms with Crippen LogP contribution in [0.3, 0.4) is 0 Å². The molecule has 1 aromatic heterocycles. The molecule has 0 spiro atoms. The van der Waals surface area contributed by atoms with Crippen molar-refractivity contribution in [3.8, 4) is 0 Å². The molecule has 22 heavy (non-hydrogen) atoms. The standard InChI is InChI=1S/C14H14N4O4/c1-2-9-17-13(19)8-7-11(16-17)14(20)15-10-5-3-4-6-12(10)18(21)22/h3-8H,2,9H2,1H3,(H,15,20). The predicted molar refractivity (Wildman–Crippen MR) is 79.8 cm³/mol. The minimum absolute atomic E-state index is 0.0196. The largest absolute Gasteiger partial charge is 0.315 e. The highest BCUT2D eigenvalue weighted by Crippen LogP contribution is 2.23. The Kier molecular flexibility index (Phi) is 4.62. The van der Waals surface area contributed by atoms with Gasteiger partial charge in [-0.15, -0.1) is 0 Å². The summed E-state index contributed by atoms with van der Waals surface area (Å²) >= 11 is 0. The average molecular weight is 302 g/mol. The molecule has 0 aliphatic carbocycles. The van der Waals surface area contributed by atoms with Crippen molar-refractivity contribution in [2.75, 3.05) is 5.32 Å². The van der Waals surface area contributed by atoms with E-state index in [1.54, 1.807) is 6.07 Å². The van der Waals surface area contributed by atoms with Crippen LogP contribution in [0.25, 0.3) is 0 Å². The molecule has 8 heteroatoms. The molecule has 0 atom stereocenters. The maximum atomic E-state index is 12.1. The Morgan fingerprint density at radius 3 is 2.73 bits per heavy atom. The number of hydrogen-bond donors (Lipinski definition) is 1. The lowest BCUT2D eigenvalue weighted by atomic mass is 10.2. The van der Waals surface area contributed by atoms with Gasteiger partial charge in [0, 0.05) is 18.7 Å². The van der Waals surface area contributed by atoms with E-state index in [1.165, 1.54) is 35.0 Å². The van der Waals surface area contributed by atoms with Crippen molar-refractivity contribution in [1.29, 1.82) is 0 Å². The molecule has 2 rings (SSSR count). The molecule has 0 radical (unpaired) electrons. The second kappa shape index (κ2) is 6.61. The van der Waals surface area contributed by atoms with Gasteiger partial charge in [-0.05, 0) is 18.6 Å². The van der Waals surface area contributed by atoms with Crippen molar-refractivity contribution in [2.45, 2.75) is 19.9 Å². The van der Waals surface area contributed by atoms with Crippen molar-refractivity contribution in [2.24, 2.45) is 0 Å². The van der Waals surface area contributed by atoms with E-state index < -0.39 is 10.8 Å². The first-order valence-corrected chi connectivity index (χ1v) is 6.66. The summed E-state index contributed by atoms with van der Waals surface area (Å²) < 4.78 is 1.19. The van der Waals surface area contributed by atoms with Gasteiger partial charge in [0.05, 0.1) is 4.92 Å². The van der Waals surface area contributed by atoms with Crippen LogP contribution in [0.1, 0.15) is 23.8 Å². The summed E-state index contributed by atoms with van der Waals surface area (Å²) in [6, 6.07) is 8.34. The van der Waals surface area contributed by atoms with Crippen molar-refractivity contribution >= 4 is 17.3 Å². The summed E-state index contributed by atoms with van der Waals surface area (Å²) in [4.78, 5) is 34.0. The molecular weight excluding hydrogens is 288 g/mol. The number of aryl methyl sites for hydroxylation is 1. The first-order chi connectivity index (χ1) is 10.5. The van der Waals surface area contributed by atoms with Gasteiger partial charge >= 0.3 is 0 Å². The Bertz CT molecular complexity index is 769. The number of nitro benzene ring substituents is 1. The number of carbonyl (C=O) groups excluding carboxylic acids is 1. The molecule has 0 fully saturated rings. The van der Waals surface area contributed by atoms with E-state index >= 15 is 0 Å². The van der Waals surface area contributed by atoms with Gasteiger partial charge in [0.25, 0.3) is 17.2 Å². The minimum Gasteiger partial charge on any atom is -0.315 e. The smallest absolute Gasteiger partial charge is 0.292 e. The van der Waals surface area contributed by atoms with Gasteiger partial charge in [-0.1, -0.05) is 19.1 Å². The molecule has 2 aromatic rings. The monoisotopic (exact) mass is 302 g/mol. The van der Waals surface area contributed by atoms with Crippen LogP contribution in [0.2, 0.25) is 0 Å². The maximum Gasteiger partial charge on any atom is 0.292 e. The number of benzene rings is 1. The molecule has 8 nitrogen and oxygen atoms in total. The van der Waals surface area contributed by atoms with Gasteiger partial charge in [0.15, 0.2) is 0 Å². The topological polar surface area (TPSA) is 107 Å². The van der Waals surface area contributed by atoms with Gasteiger partial charge in [0.2, 0.25) is 0 Å². The number of hydrogen-bond acceptors (Lipinski definition) is 5. The fourth-order valence-electron chi connectivity index (χ4n) is 1.87. The number of carbonyl (C=O) groups is 1. The van der Waals surface area contributed by atoms with E-state index in [4.69, 9.17) is 0 Å². The van der Waals surface area contributed by atoms with Crippen molar-refractivity contribution in [1.82, 2.24) is 9.78 Å². The average Bonchev–Trinajstić information content (AvgIpc) is 2.50. The maximum absolute atomic E-state index is 12.1. The van der Waals surface area contributed by atoms with Crippen LogP contribution in [0, 0.1) is 10.1 Å². The minimum atomic E-state index is -0.612. The van der Waals surface area contributed by atoms with Gasteiger partial charge < -0.3 is 5.32 Å². The lowest BCUT2D eigenvalue weighted by Gasteiger charge is -2.07. The number of anilines is 1. The van der Waals surface area contributed by atoms with Crippen molar-refractivity contribution in [3.63, 3.8) is 0 Å². The van der Waals surface area contributed by atoms with Crippen LogP contribution in [0.5, 0.6) is 0 Å². The van der Waals surface area contributed by atoms with Crippen LogP contribution in [-0.2, 0) is 6.54 Å². The molecule has 0 saturated carbocycles. The number of aromatic nitrogens is 2. The van der Waals surface area contributed by atoms with E-state index in [2.05, 4.69) is 10.4 Å². The third-order valence-electron chi connectivity index (χ3n) is 2.88. The van der Waals surface area contributed by atoms with Gasteiger partial charge in [-0.3, -0.25) is 19.7 Å². The summed E-state index contributed by atoms with van der Waals surface area (Å²) in [5.41, 5.74) is -0.416. The van der Waals surface area contributed by atoms with E-state index in [-0.39, 0.29) is 22.6 Å². The molecule has 1 heterocycles. The highest BCUT2D eigenvalue weighted by atomic mass is 16.6. The van der Waals surface area contributed by atoms with Gasteiger partial charge in [-0.25, -0.2) is 4.68 Å². The third kappa shape index (κ3) is 3.35. The second-order valence-electron chi connectivity index (χ2n) is 4.51. The normalized spacial score (nSPS) is 10.2. The summed E-state index contributed by atoms with van der Waals surface area (Å²) in [5, 5.41) is 17.3. The molecule has 0 saturated heterocycles. The van der Waals surface area contributed by atoms with Crippen molar-refractivity contribution in [3.05, 3.63) is 62.6 Å². The highest BCUT2D eigenvalue weighted by molar-refractivity contribution is 6.03. The van der Waals surface area contributed by atoms with Gasteiger partial charge in [0.1, 0.15) is 11.4 Å². The molecule has 1 N–H and O–H groups in total. The zero-order chi connectivity index (χ0) is 16.1. The van der Waals surface area contributed by atoms with Crippen molar-refractivity contribution < 1.29 is 9.72 Å². The molecular formula is C14H14N4O4. The van der Waals surface area contributed by atoms with Crippen LogP contribution in [0.15, 0.2) is 41.2 Å². The summed E-state index contributed by atoms with van der Waals surface area (Å²) in [7, 11) is 0. The number of nitrogens with zero attached hydrogens (tertiary/aromatic N) is 3. The summed E-state index contributed by atoms with van der Waals surface area (Å²) in [6.07, 6.45) is 0.697. The number of amides is 1. The van der Waals surface area contributed by atoms with Gasteiger partial charge in [-0.2, -0.15) is 5.10 Å². The first-order valence-electron chi connectivity index (χ1n) is 6.66. The number of nitrogens with one attached hydrogen (secondary N) is 1. The molecule has 0 aliphatic heterocycles. The Morgan fingerprint density at radius 1 is 1.32 bits per heavy atom. The fraction of sp³-hybridized carbons (Fsp3) is 0.214. The van der Waals surface area contributed by atoms with E-state index in [0.717, 1.165) is 0 Å². The zero-order valence-electron chi connectivity index (χ0n) is 11.9. The summed E-state index contributed by atoms with van der Waals surface area (Å²) in [5.74, 6) is -0.612. The second-order valence-corrected chi connectivity index (χ2v) is 4.51. The lowest BCUT2D eigenvalue weighted by Crippen LogP contribution is -2.26. The number of para-hydroxylation sites is 2. The molecule has 114 valence electrons. The highest BCUT2D eigenvalue weighted by Gasteiger charge is 2.17.